The molecule has 0 radical (unpaired) electrons. The maximum absolute atomic E-state index is 7.48. The molecule has 1 aromatic heterocycles. The minimum atomic E-state index is -0.0542. The Labute approximate surface area is 116 Å². The molecule has 1 heterocycles. The number of nitrogens with zero attached hydrogens (tertiary/aromatic N) is 1. The number of hydrogen-bond acceptors (Lipinski definition) is 3. The lowest BCUT2D eigenvalue weighted by molar-refractivity contribution is 0.487. The van der Waals surface area contributed by atoms with E-state index in [1.54, 1.807) is 6.07 Å². The van der Waals surface area contributed by atoms with Gasteiger partial charge in [-0.15, -0.1) is 0 Å². The van der Waals surface area contributed by atoms with Crippen LogP contribution in [0, 0.1) is 5.41 Å². The number of aromatic nitrogens is 1. The van der Waals surface area contributed by atoms with Crippen molar-refractivity contribution in [2.75, 3.05) is 0 Å². The third kappa shape index (κ3) is 2.31. The van der Waals surface area contributed by atoms with Crippen LogP contribution in [0.1, 0.15) is 5.69 Å². The monoisotopic (exact) mass is 263 g/mol. The van der Waals surface area contributed by atoms with Gasteiger partial charge in [0.05, 0.1) is 0 Å². The van der Waals surface area contributed by atoms with Crippen molar-refractivity contribution < 1.29 is 4.74 Å². The zero-order valence-electron chi connectivity index (χ0n) is 10.7. The predicted octanol–water partition coefficient (Wildman–Crippen LogP) is 3.31. The lowest BCUT2D eigenvalue weighted by Crippen LogP contribution is -2.12. The van der Waals surface area contributed by atoms with E-state index in [0.717, 1.165) is 11.1 Å². The standard InChI is InChI=1S/C16H13N3O/c17-16(18)13-10-9-11-5-4-8-14(15(11)19-13)20-12-6-2-1-3-7-12/h1-10H,(H3,17,18). The van der Waals surface area contributed by atoms with Gasteiger partial charge in [0.25, 0.3) is 0 Å². The van der Waals surface area contributed by atoms with Crippen LogP contribution in [0.3, 0.4) is 0 Å². The number of benzene rings is 2. The summed E-state index contributed by atoms with van der Waals surface area (Å²) in [4.78, 5) is 4.40. The summed E-state index contributed by atoms with van der Waals surface area (Å²) in [6, 6.07) is 18.9. The second-order valence-electron chi connectivity index (χ2n) is 4.35. The molecule has 0 bridgehead atoms. The van der Waals surface area contributed by atoms with E-state index in [9.17, 15) is 0 Å². The van der Waals surface area contributed by atoms with Gasteiger partial charge in [-0.05, 0) is 24.3 Å². The third-order valence-electron chi connectivity index (χ3n) is 2.93. The van der Waals surface area contributed by atoms with Gasteiger partial charge in [-0.25, -0.2) is 4.98 Å². The van der Waals surface area contributed by atoms with Gasteiger partial charge in [-0.2, -0.15) is 0 Å². The van der Waals surface area contributed by atoms with Gasteiger partial charge in [-0.1, -0.05) is 36.4 Å². The highest BCUT2D eigenvalue weighted by Gasteiger charge is 2.07. The Hall–Kier alpha value is -2.88. The molecule has 0 aliphatic rings. The molecule has 3 aromatic rings. The molecule has 0 amide bonds. The number of amidine groups is 1. The summed E-state index contributed by atoms with van der Waals surface area (Å²) in [7, 11) is 0. The molecule has 0 unspecified atom stereocenters. The number of ether oxygens (including phenoxy) is 1. The molecule has 98 valence electrons. The Balaban J connectivity index is 2.10. The summed E-state index contributed by atoms with van der Waals surface area (Å²) in [6.45, 7) is 0. The lowest BCUT2D eigenvalue weighted by atomic mass is 10.2. The highest BCUT2D eigenvalue weighted by atomic mass is 16.5. The minimum absolute atomic E-state index is 0.0542. The van der Waals surface area contributed by atoms with E-state index in [1.165, 1.54) is 0 Å². The van der Waals surface area contributed by atoms with E-state index in [4.69, 9.17) is 15.9 Å². The molecule has 3 N–H and O–H groups in total. The quantitative estimate of drug-likeness (QED) is 0.562. The van der Waals surface area contributed by atoms with Crippen molar-refractivity contribution in [1.29, 1.82) is 5.41 Å². The minimum Gasteiger partial charge on any atom is -0.455 e. The molecule has 0 saturated heterocycles. The molecule has 4 nitrogen and oxygen atoms in total. The predicted molar refractivity (Wildman–Crippen MR) is 79.3 cm³/mol. The SMILES string of the molecule is N=C(N)c1ccc2cccc(Oc3ccccc3)c2n1. The molecular weight excluding hydrogens is 250 g/mol. The van der Waals surface area contributed by atoms with Crippen LogP contribution >= 0.6 is 0 Å². The summed E-state index contributed by atoms with van der Waals surface area (Å²) >= 11 is 0. The largest absolute Gasteiger partial charge is 0.455 e. The van der Waals surface area contributed by atoms with E-state index in [0.29, 0.717) is 17.0 Å². The number of rotatable bonds is 3. The Morgan fingerprint density at radius 1 is 0.950 bits per heavy atom. The van der Waals surface area contributed by atoms with Crippen LogP contribution in [0.4, 0.5) is 0 Å². The summed E-state index contributed by atoms with van der Waals surface area (Å²) in [5.74, 6) is 1.34. The van der Waals surface area contributed by atoms with Gasteiger partial charge in [-0.3, -0.25) is 5.41 Å². The normalized spacial score (nSPS) is 10.4. The molecule has 2 aromatic carbocycles. The van der Waals surface area contributed by atoms with Crippen LogP contribution in [-0.4, -0.2) is 10.8 Å². The molecule has 3 rings (SSSR count). The number of hydrogen-bond donors (Lipinski definition) is 2. The number of nitrogens with one attached hydrogen (secondary N) is 1. The van der Waals surface area contributed by atoms with Crippen molar-refractivity contribution in [3.8, 4) is 11.5 Å². The number of para-hydroxylation sites is 2. The number of pyridine rings is 1. The van der Waals surface area contributed by atoms with Crippen LogP contribution in [0.5, 0.6) is 11.5 Å². The zero-order valence-corrected chi connectivity index (χ0v) is 10.7. The topological polar surface area (TPSA) is 72.0 Å². The first kappa shape index (κ1) is 12.2. The Morgan fingerprint density at radius 3 is 2.50 bits per heavy atom. The van der Waals surface area contributed by atoms with Crippen LogP contribution in [0.2, 0.25) is 0 Å². The molecule has 4 heteroatoms. The Morgan fingerprint density at radius 2 is 1.75 bits per heavy atom. The zero-order chi connectivity index (χ0) is 13.9. The van der Waals surface area contributed by atoms with Crippen molar-refractivity contribution in [3.05, 3.63) is 66.4 Å². The molecule has 0 spiro atoms. The average molecular weight is 263 g/mol. The first-order valence-electron chi connectivity index (χ1n) is 6.21. The Kier molecular flexibility index (Phi) is 3.05. The summed E-state index contributed by atoms with van der Waals surface area (Å²) in [5.41, 5.74) is 6.63. The van der Waals surface area contributed by atoms with E-state index >= 15 is 0 Å². The number of nitrogens with two attached hydrogens (primary N) is 1. The van der Waals surface area contributed by atoms with Gasteiger partial charge < -0.3 is 10.5 Å². The van der Waals surface area contributed by atoms with Crippen molar-refractivity contribution in [1.82, 2.24) is 4.98 Å². The van der Waals surface area contributed by atoms with Crippen molar-refractivity contribution in [2.24, 2.45) is 5.73 Å². The van der Waals surface area contributed by atoms with Gasteiger partial charge in [0.15, 0.2) is 5.75 Å². The fourth-order valence-electron chi connectivity index (χ4n) is 1.97. The van der Waals surface area contributed by atoms with Crippen molar-refractivity contribution >= 4 is 16.7 Å². The van der Waals surface area contributed by atoms with E-state index < -0.39 is 0 Å². The van der Waals surface area contributed by atoms with E-state index in [-0.39, 0.29) is 5.84 Å². The van der Waals surface area contributed by atoms with Crippen molar-refractivity contribution in [3.63, 3.8) is 0 Å². The van der Waals surface area contributed by atoms with Crippen LogP contribution in [0.15, 0.2) is 60.7 Å². The van der Waals surface area contributed by atoms with Crippen molar-refractivity contribution in [2.45, 2.75) is 0 Å². The smallest absolute Gasteiger partial charge is 0.153 e. The number of nitrogen functional groups attached to an aromatic ring is 1. The molecule has 20 heavy (non-hydrogen) atoms. The van der Waals surface area contributed by atoms with Gasteiger partial charge in [0.2, 0.25) is 0 Å². The highest BCUT2D eigenvalue weighted by molar-refractivity contribution is 5.96. The molecule has 0 saturated carbocycles. The number of fused-ring (bicyclic) bond motifs is 1. The average Bonchev–Trinajstić information content (AvgIpc) is 2.48. The van der Waals surface area contributed by atoms with Crippen LogP contribution in [0.25, 0.3) is 10.9 Å². The maximum atomic E-state index is 7.48. The maximum Gasteiger partial charge on any atom is 0.153 e. The molecule has 0 atom stereocenters. The first-order valence-corrected chi connectivity index (χ1v) is 6.21. The summed E-state index contributed by atoms with van der Waals surface area (Å²) in [6.07, 6.45) is 0. The molecule has 0 fully saturated rings. The van der Waals surface area contributed by atoms with Gasteiger partial charge >= 0.3 is 0 Å². The highest BCUT2D eigenvalue weighted by Crippen LogP contribution is 2.28. The lowest BCUT2D eigenvalue weighted by Gasteiger charge is -2.09. The van der Waals surface area contributed by atoms with Crippen LogP contribution in [-0.2, 0) is 0 Å². The molecule has 0 aliphatic heterocycles. The first-order chi connectivity index (χ1) is 9.74. The molecular formula is C16H13N3O. The van der Waals surface area contributed by atoms with Gasteiger partial charge in [0.1, 0.15) is 22.8 Å². The van der Waals surface area contributed by atoms with E-state index in [1.807, 2.05) is 54.6 Å². The molecule has 0 aliphatic carbocycles. The second-order valence-corrected chi connectivity index (χ2v) is 4.35. The Bertz CT molecular complexity index is 769. The fourth-order valence-corrected chi connectivity index (χ4v) is 1.97. The third-order valence-corrected chi connectivity index (χ3v) is 2.93. The fraction of sp³-hybridized carbons (Fsp3) is 0. The van der Waals surface area contributed by atoms with Gasteiger partial charge in [0, 0.05) is 5.39 Å². The van der Waals surface area contributed by atoms with Crippen LogP contribution < -0.4 is 10.5 Å². The van der Waals surface area contributed by atoms with E-state index in [2.05, 4.69) is 4.98 Å². The summed E-state index contributed by atoms with van der Waals surface area (Å²) < 4.78 is 5.85. The second kappa shape index (κ2) is 5.01. The summed E-state index contributed by atoms with van der Waals surface area (Å²) in [5, 5.41) is 8.42.